The van der Waals surface area contributed by atoms with Crippen molar-refractivity contribution in [2.45, 2.75) is 37.9 Å². The van der Waals surface area contributed by atoms with Crippen molar-refractivity contribution in [2.75, 3.05) is 6.54 Å². The van der Waals surface area contributed by atoms with Gasteiger partial charge in [0.1, 0.15) is 5.25 Å². The van der Waals surface area contributed by atoms with Gasteiger partial charge in [-0.1, -0.05) is 12.2 Å². The topological polar surface area (TPSA) is 72.2 Å². The molecule has 0 amide bonds. The number of rotatable bonds is 6. The molecule has 2 aliphatic carbocycles. The second kappa shape index (κ2) is 3.92. The first-order chi connectivity index (χ1) is 7.37. The Morgan fingerprint density at radius 1 is 1.56 bits per heavy atom. The molecule has 6 heteroatoms. The van der Waals surface area contributed by atoms with Crippen molar-refractivity contribution in [3.05, 3.63) is 0 Å². The zero-order valence-electron chi connectivity index (χ0n) is 9.40. The molecule has 2 aliphatic rings. The largest absolute Gasteiger partial charge is 0.392 e. The van der Waals surface area contributed by atoms with Crippen LogP contribution in [-0.4, -0.2) is 25.2 Å². The van der Waals surface area contributed by atoms with E-state index in [1.165, 1.54) is 19.8 Å². The molecular weight excluding hydrogens is 244 g/mol. The molecule has 0 aromatic rings. The van der Waals surface area contributed by atoms with E-state index in [0.717, 1.165) is 18.8 Å². The Bertz CT molecular complexity index is 397. The molecule has 0 spiro atoms. The van der Waals surface area contributed by atoms with E-state index in [4.69, 9.17) is 18.0 Å². The summed E-state index contributed by atoms with van der Waals surface area (Å²) in [6.45, 7) is 2.09. The van der Waals surface area contributed by atoms with Crippen LogP contribution < -0.4 is 10.5 Å². The summed E-state index contributed by atoms with van der Waals surface area (Å²) < 4.78 is 26.3. The minimum absolute atomic E-state index is 0.0313. The van der Waals surface area contributed by atoms with E-state index in [2.05, 4.69) is 4.72 Å². The molecule has 0 aliphatic heterocycles. The number of nitrogens with two attached hydrogens (primary N) is 1. The number of nitrogens with one attached hydrogen (secondary N) is 1. The number of hydrogen-bond donors (Lipinski definition) is 2. The van der Waals surface area contributed by atoms with E-state index in [1.807, 2.05) is 0 Å². The normalized spacial score (nSPS) is 25.1. The molecule has 0 heterocycles. The fourth-order valence-corrected chi connectivity index (χ4v) is 3.53. The average Bonchev–Trinajstić information content (AvgIpc) is 3.03. The van der Waals surface area contributed by atoms with E-state index in [-0.39, 0.29) is 10.4 Å². The van der Waals surface area contributed by atoms with Gasteiger partial charge < -0.3 is 5.73 Å². The average molecular weight is 262 g/mol. The molecule has 0 aromatic heterocycles. The second-order valence-electron chi connectivity index (χ2n) is 5.05. The van der Waals surface area contributed by atoms with Crippen LogP contribution in [0.4, 0.5) is 0 Å². The van der Waals surface area contributed by atoms with Gasteiger partial charge in [0, 0.05) is 6.54 Å². The summed E-state index contributed by atoms with van der Waals surface area (Å²) in [6.07, 6.45) is 4.82. The predicted octanol–water partition coefficient (Wildman–Crippen LogP) is 0.771. The highest BCUT2D eigenvalue weighted by Gasteiger charge is 2.53. The highest BCUT2D eigenvalue weighted by molar-refractivity contribution is 7.93. The Kier molecular flexibility index (Phi) is 3.01. The molecule has 1 unspecified atom stereocenters. The standard InChI is InChI=1S/C10H18N2O2S2/c1-7(9(11)15)16(13,14)12-6-10(4-5-10)8-2-3-8/h7-8,12H,2-6H2,1H3,(H2,11,15). The van der Waals surface area contributed by atoms with Crippen LogP contribution in [0, 0.1) is 11.3 Å². The van der Waals surface area contributed by atoms with Gasteiger partial charge in [0.15, 0.2) is 0 Å². The molecule has 0 bridgehead atoms. The molecule has 4 nitrogen and oxygen atoms in total. The smallest absolute Gasteiger partial charge is 0.220 e. The summed E-state index contributed by atoms with van der Waals surface area (Å²) >= 11 is 4.71. The van der Waals surface area contributed by atoms with E-state index in [1.54, 1.807) is 0 Å². The van der Waals surface area contributed by atoms with Crippen LogP contribution in [0.25, 0.3) is 0 Å². The van der Waals surface area contributed by atoms with Crippen LogP contribution in [-0.2, 0) is 10.0 Å². The summed E-state index contributed by atoms with van der Waals surface area (Å²) in [5.74, 6) is 0.746. The third kappa shape index (κ3) is 2.38. The first-order valence-electron chi connectivity index (χ1n) is 5.65. The molecule has 92 valence electrons. The lowest BCUT2D eigenvalue weighted by Gasteiger charge is -2.17. The summed E-state index contributed by atoms with van der Waals surface area (Å²) in [7, 11) is -3.37. The molecule has 1 atom stereocenters. The van der Waals surface area contributed by atoms with Crippen molar-refractivity contribution in [2.24, 2.45) is 17.1 Å². The van der Waals surface area contributed by atoms with Gasteiger partial charge >= 0.3 is 0 Å². The third-order valence-electron chi connectivity index (χ3n) is 3.83. The van der Waals surface area contributed by atoms with E-state index in [9.17, 15) is 8.42 Å². The second-order valence-corrected chi connectivity index (χ2v) is 7.60. The highest BCUT2D eigenvalue weighted by Crippen LogP contribution is 2.60. The molecule has 3 N–H and O–H groups in total. The Morgan fingerprint density at radius 3 is 2.50 bits per heavy atom. The van der Waals surface area contributed by atoms with Gasteiger partial charge in [-0.2, -0.15) is 0 Å². The van der Waals surface area contributed by atoms with Crippen LogP contribution >= 0.6 is 12.2 Å². The number of thiocarbonyl (C=S) groups is 1. The number of sulfonamides is 1. The summed E-state index contributed by atoms with van der Waals surface area (Å²) in [5.41, 5.74) is 5.63. The minimum atomic E-state index is -3.37. The molecule has 2 rings (SSSR count). The molecule has 0 radical (unpaired) electrons. The van der Waals surface area contributed by atoms with Crippen molar-refractivity contribution < 1.29 is 8.42 Å². The van der Waals surface area contributed by atoms with Gasteiger partial charge in [0.05, 0.1) is 4.99 Å². The lowest BCUT2D eigenvalue weighted by molar-refractivity contribution is 0.431. The fourth-order valence-electron chi connectivity index (χ4n) is 2.11. The SMILES string of the molecule is CC(C(N)=S)S(=O)(=O)NCC1(C2CC2)CC1. The van der Waals surface area contributed by atoms with Crippen molar-refractivity contribution in [3.63, 3.8) is 0 Å². The zero-order valence-corrected chi connectivity index (χ0v) is 11.0. The van der Waals surface area contributed by atoms with Crippen LogP contribution in [0.2, 0.25) is 0 Å². The third-order valence-corrected chi connectivity index (χ3v) is 6.06. The van der Waals surface area contributed by atoms with Gasteiger partial charge in [-0.15, -0.1) is 0 Å². The summed E-state index contributed by atoms with van der Waals surface area (Å²) in [4.78, 5) is 0.0313. The first-order valence-corrected chi connectivity index (χ1v) is 7.61. The Morgan fingerprint density at radius 2 is 2.12 bits per heavy atom. The fraction of sp³-hybridized carbons (Fsp3) is 0.900. The van der Waals surface area contributed by atoms with Crippen molar-refractivity contribution in [1.29, 1.82) is 0 Å². The van der Waals surface area contributed by atoms with Crippen LogP contribution in [0.15, 0.2) is 0 Å². The molecule has 0 aromatic carbocycles. The van der Waals surface area contributed by atoms with Crippen LogP contribution in [0.1, 0.15) is 32.6 Å². The lowest BCUT2D eigenvalue weighted by Crippen LogP contribution is -2.42. The monoisotopic (exact) mass is 262 g/mol. The summed E-state index contributed by atoms with van der Waals surface area (Å²) in [6, 6.07) is 0. The quantitative estimate of drug-likeness (QED) is 0.694. The van der Waals surface area contributed by atoms with Gasteiger partial charge in [0.2, 0.25) is 10.0 Å². The van der Waals surface area contributed by atoms with E-state index < -0.39 is 15.3 Å². The van der Waals surface area contributed by atoms with Crippen LogP contribution in [0.3, 0.4) is 0 Å². The Hall–Kier alpha value is -0.200. The lowest BCUT2D eigenvalue weighted by atomic mass is 10.0. The van der Waals surface area contributed by atoms with Gasteiger partial charge in [-0.25, -0.2) is 13.1 Å². The maximum atomic E-state index is 11.8. The van der Waals surface area contributed by atoms with E-state index in [0.29, 0.717) is 6.54 Å². The zero-order chi connectivity index (χ0) is 12.0. The maximum absolute atomic E-state index is 11.8. The van der Waals surface area contributed by atoms with Crippen LogP contribution in [0.5, 0.6) is 0 Å². The van der Waals surface area contributed by atoms with Gasteiger partial charge in [-0.05, 0) is 43.9 Å². The van der Waals surface area contributed by atoms with Crippen molar-refractivity contribution in [1.82, 2.24) is 4.72 Å². The van der Waals surface area contributed by atoms with Crippen molar-refractivity contribution >= 4 is 27.2 Å². The Labute approximate surface area is 102 Å². The highest BCUT2D eigenvalue weighted by atomic mass is 32.2. The molecule has 2 fully saturated rings. The predicted molar refractivity (Wildman–Crippen MR) is 67.6 cm³/mol. The van der Waals surface area contributed by atoms with Crippen molar-refractivity contribution in [3.8, 4) is 0 Å². The summed E-state index contributed by atoms with van der Waals surface area (Å²) in [5, 5.41) is -0.780. The number of hydrogen-bond acceptors (Lipinski definition) is 3. The Balaban J connectivity index is 1.92. The van der Waals surface area contributed by atoms with Gasteiger partial charge in [0.25, 0.3) is 0 Å². The van der Waals surface area contributed by atoms with E-state index >= 15 is 0 Å². The maximum Gasteiger partial charge on any atom is 0.220 e. The van der Waals surface area contributed by atoms with Gasteiger partial charge in [-0.3, -0.25) is 0 Å². The molecule has 0 saturated heterocycles. The minimum Gasteiger partial charge on any atom is -0.392 e. The molecule has 2 saturated carbocycles. The molecule has 16 heavy (non-hydrogen) atoms. The first kappa shape index (κ1) is 12.3. The molecular formula is C10H18N2O2S2.